The molecule has 11 heteroatoms. The van der Waals surface area contributed by atoms with Gasteiger partial charge in [-0.2, -0.15) is 13.2 Å². The number of carbonyl (C=O) groups excluding carboxylic acids is 1. The predicted molar refractivity (Wildman–Crippen MR) is 80.6 cm³/mol. The third kappa shape index (κ3) is 4.69. The first-order valence-corrected chi connectivity index (χ1v) is 6.72. The van der Waals surface area contributed by atoms with Gasteiger partial charge in [-0.05, 0) is 13.1 Å². The molecule has 0 aromatic carbocycles. The molecule has 0 unspecified atom stereocenters. The summed E-state index contributed by atoms with van der Waals surface area (Å²) in [5.41, 5.74) is -0.804. The van der Waals surface area contributed by atoms with Crippen molar-refractivity contribution in [2.45, 2.75) is 19.1 Å². The average Bonchev–Trinajstić information content (AvgIpc) is 2.85. The van der Waals surface area contributed by atoms with E-state index in [9.17, 15) is 18.0 Å². The quantitative estimate of drug-likeness (QED) is 0.843. The van der Waals surface area contributed by atoms with Gasteiger partial charge in [-0.15, -0.1) is 22.6 Å². The van der Waals surface area contributed by atoms with Gasteiger partial charge in [0.25, 0.3) is 0 Å². The van der Waals surface area contributed by atoms with Crippen LogP contribution in [0.2, 0.25) is 5.02 Å². The smallest absolute Gasteiger partial charge is 0.349 e. The molecule has 0 aliphatic rings. The number of halogens is 5. The van der Waals surface area contributed by atoms with Crippen LogP contribution < -0.4 is 10.6 Å². The van der Waals surface area contributed by atoms with Crippen molar-refractivity contribution in [1.29, 1.82) is 0 Å². The summed E-state index contributed by atoms with van der Waals surface area (Å²) in [5.74, 6) is -0.0787. The van der Waals surface area contributed by atoms with Crippen LogP contribution in [0.1, 0.15) is 17.8 Å². The summed E-state index contributed by atoms with van der Waals surface area (Å²) in [6.07, 6.45) is -3.42. The minimum atomic E-state index is -4.53. The number of alkyl halides is 3. The molecule has 0 bridgehead atoms. The van der Waals surface area contributed by atoms with Crippen LogP contribution in [0.5, 0.6) is 0 Å². The molecule has 0 radical (unpaired) electrons. The Labute approximate surface area is 140 Å². The van der Waals surface area contributed by atoms with Crippen LogP contribution in [-0.2, 0) is 17.5 Å². The van der Waals surface area contributed by atoms with Gasteiger partial charge in [-0.25, -0.2) is 0 Å². The van der Waals surface area contributed by atoms with Gasteiger partial charge in [0, 0.05) is 19.2 Å². The number of hydrogen-bond donors (Lipinski definition) is 2. The lowest BCUT2D eigenvalue weighted by molar-refractivity contribution is -0.137. The largest absolute Gasteiger partial charge is 0.417 e. The fourth-order valence-corrected chi connectivity index (χ4v) is 2.03. The Morgan fingerprint density at radius 1 is 1.39 bits per heavy atom. The lowest BCUT2D eigenvalue weighted by atomic mass is 10.2. The van der Waals surface area contributed by atoms with Gasteiger partial charge in [0.1, 0.15) is 0 Å². The highest BCUT2D eigenvalue weighted by Gasteiger charge is 2.32. The summed E-state index contributed by atoms with van der Waals surface area (Å²) < 4.78 is 39.5. The molecule has 0 aliphatic carbocycles. The zero-order chi connectivity index (χ0) is 16.3. The van der Waals surface area contributed by atoms with Crippen molar-refractivity contribution >= 4 is 35.6 Å². The molecule has 0 spiro atoms. The fraction of sp³-hybridized carbons (Fsp3) is 0.417. The SMILES string of the molecule is CNCCC(=O)NCc1nnc2c(Cl)cc(C(F)(F)F)cn12.Cl. The van der Waals surface area contributed by atoms with Crippen molar-refractivity contribution in [3.63, 3.8) is 0 Å². The van der Waals surface area contributed by atoms with Gasteiger partial charge >= 0.3 is 6.18 Å². The highest BCUT2D eigenvalue weighted by molar-refractivity contribution is 6.33. The topological polar surface area (TPSA) is 71.3 Å². The maximum absolute atomic E-state index is 12.8. The molecule has 0 atom stereocenters. The molecular weight excluding hydrogens is 358 g/mol. The number of nitrogens with one attached hydrogen (secondary N) is 2. The van der Waals surface area contributed by atoms with Crippen molar-refractivity contribution in [3.05, 3.63) is 28.7 Å². The van der Waals surface area contributed by atoms with Crippen molar-refractivity contribution in [1.82, 2.24) is 25.2 Å². The normalized spacial score (nSPS) is 11.3. The zero-order valence-corrected chi connectivity index (χ0v) is 13.5. The van der Waals surface area contributed by atoms with Gasteiger partial charge in [-0.3, -0.25) is 9.20 Å². The molecule has 2 aromatic heterocycles. The second-order valence-corrected chi connectivity index (χ2v) is 4.92. The minimum Gasteiger partial charge on any atom is -0.349 e. The Morgan fingerprint density at radius 2 is 2.09 bits per heavy atom. The van der Waals surface area contributed by atoms with Gasteiger partial charge in [-0.1, -0.05) is 11.6 Å². The molecule has 0 saturated heterocycles. The fourth-order valence-electron chi connectivity index (χ4n) is 1.78. The number of aromatic nitrogens is 3. The number of fused-ring (bicyclic) bond motifs is 1. The van der Waals surface area contributed by atoms with E-state index in [1.165, 1.54) is 0 Å². The molecule has 23 heavy (non-hydrogen) atoms. The maximum atomic E-state index is 12.8. The highest BCUT2D eigenvalue weighted by Crippen LogP contribution is 2.32. The molecule has 2 heterocycles. The molecule has 2 rings (SSSR count). The van der Waals surface area contributed by atoms with Crippen LogP contribution in [-0.4, -0.2) is 34.1 Å². The number of hydrogen-bond acceptors (Lipinski definition) is 4. The third-order valence-electron chi connectivity index (χ3n) is 2.90. The maximum Gasteiger partial charge on any atom is 0.417 e. The number of rotatable bonds is 5. The third-order valence-corrected chi connectivity index (χ3v) is 3.18. The zero-order valence-electron chi connectivity index (χ0n) is 11.9. The molecule has 1 amide bonds. The first-order chi connectivity index (χ1) is 10.3. The van der Waals surface area contributed by atoms with E-state index >= 15 is 0 Å². The Hall–Kier alpha value is -1.58. The van der Waals surface area contributed by atoms with E-state index in [2.05, 4.69) is 20.8 Å². The van der Waals surface area contributed by atoms with Crippen LogP contribution in [0.25, 0.3) is 5.65 Å². The van der Waals surface area contributed by atoms with Crippen molar-refractivity contribution in [2.24, 2.45) is 0 Å². The average molecular weight is 372 g/mol. The van der Waals surface area contributed by atoms with E-state index < -0.39 is 11.7 Å². The second-order valence-electron chi connectivity index (χ2n) is 4.51. The van der Waals surface area contributed by atoms with Crippen LogP contribution >= 0.6 is 24.0 Å². The van der Waals surface area contributed by atoms with Gasteiger partial charge in [0.05, 0.1) is 17.1 Å². The number of carbonyl (C=O) groups is 1. The minimum absolute atomic E-state index is 0. The summed E-state index contributed by atoms with van der Waals surface area (Å²) in [5, 5.41) is 12.7. The first-order valence-electron chi connectivity index (χ1n) is 6.34. The Kier molecular flexibility index (Phi) is 6.60. The molecule has 128 valence electrons. The Morgan fingerprint density at radius 3 is 2.70 bits per heavy atom. The van der Waals surface area contributed by atoms with E-state index in [1.807, 2.05) is 0 Å². The van der Waals surface area contributed by atoms with Gasteiger partial charge < -0.3 is 10.6 Å². The lowest BCUT2D eigenvalue weighted by Gasteiger charge is -2.09. The summed E-state index contributed by atoms with van der Waals surface area (Å²) in [6, 6.07) is 0.793. The van der Waals surface area contributed by atoms with Crippen molar-refractivity contribution in [2.75, 3.05) is 13.6 Å². The number of pyridine rings is 1. The van der Waals surface area contributed by atoms with E-state index in [0.29, 0.717) is 6.54 Å². The van der Waals surface area contributed by atoms with Crippen LogP contribution in [0.4, 0.5) is 13.2 Å². The number of amides is 1. The molecule has 0 saturated carbocycles. The monoisotopic (exact) mass is 371 g/mol. The molecule has 0 aliphatic heterocycles. The van der Waals surface area contributed by atoms with Gasteiger partial charge in [0.2, 0.25) is 5.91 Å². The van der Waals surface area contributed by atoms with Crippen LogP contribution in [0.3, 0.4) is 0 Å². The van der Waals surface area contributed by atoms with E-state index in [0.717, 1.165) is 16.7 Å². The summed E-state index contributed by atoms with van der Waals surface area (Å²) in [7, 11) is 1.71. The van der Waals surface area contributed by atoms with E-state index in [4.69, 9.17) is 11.6 Å². The Balaban J connectivity index is 0.00000264. The van der Waals surface area contributed by atoms with Gasteiger partial charge in [0.15, 0.2) is 11.5 Å². The van der Waals surface area contributed by atoms with Crippen molar-refractivity contribution < 1.29 is 18.0 Å². The molecule has 6 nitrogen and oxygen atoms in total. The van der Waals surface area contributed by atoms with E-state index in [1.54, 1.807) is 7.05 Å². The first kappa shape index (κ1) is 19.5. The molecule has 2 N–H and O–H groups in total. The van der Waals surface area contributed by atoms with Crippen molar-refractivity contribution in [3.8, 4) is 0 Å². The van der Waals surface area contributed by atoms with Crippen LogP contribution in [0.15, 0.2) is 12.3 Å². The highest BCUT2D eigenvalue weighted by atomic mass is 35.5. The molecule has 2 aromatic rings. The van der Waals surface area contributed by atoms with Crippen LogP contribution in [0, 0.1) is 0 Å². The second kappa shape index (κ2) is 7.80. The predicted octanol–water partition coefficient (Wildman–Crippen LogP) is 2.05. The molecule has 0 fully saturated rings. The number of nitrogens with zero attached hydrogens (tertiary/aromatic N) is 3. The lowest BCUT2D eigenvalue weighted by Crippen LogP contribution is -2.27. The van der Waals surface area contributed by atoms with E-state index in [-0.39, 0.29) is 47.8 Å². The Bertz CT molecular complexity index is 689. The summed E-state index contributed by atoms with van der Waals surface area (Å²) in [4.78, 5) is 11.5. The summed E-state index contributed by atoms with van der Waals surface area (Å²) >= 11 is 5.79. The summed E-state index contributed by atoms with van der Waals surface area (Å²) in [6.45, 7) is 0.456. The molecular formula is C12H14Cl2F3N5O. The standard InChI is InChI=1S/C12H13ClF3N5O.ClH/c1-17-3-2-10(22)18-5-9-19-20-11-8(13)4-7(6-21(9)11)12(14,15)16;/h4,6,17H,2-3,5H2,1H3,(H,18,22);1H.